The Morgan fingerprint density at radius 2 is 1.93 bits per heavy atom. The third kappa shape index (κ3) is 4.74. The van der Waals surface area contributed by atoms with Crippen LogP contribution in [0.3, 0.4) is 0 Å². The van der Waals surface area contributed by atoms with E-state index in [0.717, 1.165) is 16.9 Å². The lowest BCUT2D eigenvalue weighted by Gasteiger charge is -2.10. The standard InChI is InChI=1S/C20H19ClN4O2/c1-13-7-8-15(21)11-17(13)23-20(26)16-9-10-19(25-24-16)22-12-14-5-3-4-6-18(14)27-2/h3-11H,12H2,1-2H3,(H,22,25)(H,23,26). The highest BCUT2D eigenvalue weighted by Crippen LogP contribution is 2.21. The zero-order valence-corrected chi connectivity index (χ0v) is 15.7. The Morgan fingerprint density at radius 1 is 1.11 bits per heavy atom. The van der Waals surface area contributed by atoms with E-state index in [0.29, 0.717) is 23.1 Å². The molecular formula is C20H19ClN4O2. The molecule has 2 N–H and O–H groups in total. The lowest BCUT2D eigenvalue weighted by Crippen LogP contribution is -2.15. The quantitative estimate of drug-likeness (QED) is 0.664. The van der Waals surface area contributed by atoms with Crippen molar-refractivity contribution in [1.29, 1.82) is 0 Å². The number of para-hydroxylation sites is 1. The van der Waals surface area contributed by atoms with Gasteiger partial charge < -0.3 is 15.4 Å². The summed E-state index contributed by atoms with van der Waals surface area (Å²) in [6.07, 6.45) is 0. The molecule has 1 aromatic heterocycles. The van der Waals surface area contributed by atoms with E-state index in [1.165, 1.54) is 0 Å². The van der Waals surface area contributed by atoms with Gasteiger partial charge in [-0.05, 0) is 42.8 Å². The highest BCUT2D eigenvalue weighted by atomic mass is 35.5. The van der Waals surface area contributed by atoms with Crippen molar-refractivity contribution in [3.63, 3.8) is 0 Å². The maximum Gasteiger partial charge on any atom is 0.276 e. The molecule has 138 valence electrons. The van der Waals surface area contributed by atoms with Crippen LogP contribution in [0.1, 0.15) is 21.6 Å². The van der Waals surface area contributed by atoms with Crippen molar-refractivity contribution in [2.75, 3.05) is 17.7 Å². The summed E-state index contributed by atoms with van der Waals surface area (Å²) in [4.78, 5) is 12.4. The van der Waals surface area contributed by atoms with Gasteiger partial charge in [-0.3, -0.25) is 4.79 Å². The van der Waals surface area contributed by atoms with Gasteiger partial charge in [-0.15, -0.1) is 10.2 Å². The molecule has 0 aliphatic rings. The first-order valence-electron chi connectivity index (χ1n) is 8.34. The van der Waals surface area contributed by atoms with Crippen LogP contribution in [0.4, 0.5) is 11.5 Å². The van der Waals surface area contributed by atoms with E-state index < -0.39 is 0 Å². The van der Waals surface area contributed by atoms with E-state index in [-0.39, 0.29) is 11.6 Å². The Kier molecular flexibility index (Phi) is 5.88. The lowest BCUT2D eigenvalue weighted by atomic mass is 10.2. The van der Waals surface area contributed by atoms with Crippen LogP contribution in [0.2, 0.25) is 5.02 Å². The number of aryl methyl sites for hydroxylation is 1. The van der Waals surface area contributed by atoms with E-state index in [1.54, 1.807) is 31.4 Å². The first kappa shape index (κ1) is 18.7. The maximum atomic E-state index is 12.4. The minimum atomic E-state index is -0.343. The topological polar surface area (TPSA) is 76.1 Å². The summed E-state index contributed by atoms with van der Waals surface area (Å²) >= 11 is 5.98. The highest BCUT2D eigenvalue weighted by molar-refractivity contribution is 6.31. The van der Waals surface area contributed by atoms with E-state index in [9.17, 15) is 4.79 Å². The first-order valence-corrected chi connectivity index (χ1v) is 8.71. The molecule has 0 unspecified atom stereocenters. The number of ether oxygens (including phenoxy) is 1. The van der Waals surface area contributed by atoms with E-state index in [1.807, 2.05) is 37.3 Å². The number of anilines is 2. The van der Waals surface area contributed by atoms with Gasteiger partial charge in [-0.1, -0.05) is 35.9 Å². The van der Waals surface area contributed by atoms with Gasteiger partial charge >= 0.3 is 0 Å². The van der Waals surface area contributed by atoms with Crippen LogP contribution in [0.5, 0.6) is 5.75 Å². The molecule has 0 atom stereocenters. The molecular weight excluding hydrogens is 364 g/mol. The molecule has 0 bridgehead atoms. The smallest absolute Gasteiger partial charge is 0.276 e. The van der Waals surface area contributed by atoms with Crippen molar-refractivity contribution in [2.45, 2.75) is 13.5 Å². The molecule has 3 aromatic rings. The van der Waals surface area contributed by atoms with Crippen molar-refractivity contribution in [3.8, 4) is 5.75 Å². The van der Waals surface area contributed by atoms with Gasteiger partial charge in [0.1, 0.15) is 11.6 Å². The van der Waals surface area contributed by atoms with Gasteiger partial charge in [0.25, 0.3) is 5.91 Å². The average Bonchev–Trinajstić information content (AvgIpc) is 2.69. The molecule has 7 heteroatoms. The van der Waals surface area contributed by atoms with Crippen molar-refractivity contribution >= 4 is 29.0 Å². The molecule has 2 aromatic carbocycles. The Morgan fingerprint density at radius 3 is 2.67 bits per heavy atom. The second kappa shape index (κ2) is 8.51. The van der Waals surface area contributed by atoms with Crippen LogP contribution < -0.4 is 15.4 Å². The average molecular weight is 383 g/mol. The zero-order valence-electron chi connectivity index (χ0n) is 15.0. The second-order valence-corrected chi connectivity index (χ2v) is 6.32. The van der Waals surface area contributed by atoms with Gasteiger partial charge in [0.15, 0.2) is 5.69 Å². The summed E-state index contributed by atoms with van der Waals surface area (Å²) < 4.78 is 5.32. The van der Waals surface area contributed by atoms with Gasteiger partial charge in [0, 0.05) is 22.8 Å². The van der Waals surface area contributed by atoms with Crippen molar-refractivity contribution in [2.24, 2.45) is 0 Å². The molecule has 0 aliphatic carbocycles. The molecule has 0 radical (unpaired) electrons. The Balaban J connectivity index is 1.64. The van der Waals surface area contributed by atoms with Gasteiger partial charge in [0.2, 0.25) is 0 Å². The number of amides is 1. The second-order valence-electron chi connectivity index (χ2n) is 5.88. The summed E-state index contributed by atoms with van der Waals surface area (Å²) in [6.45, 7) is 2.43. The Hall–Kier alpha value is -3.12. The number of hydrogen-bond acceptors (Lipinski definition) is 5. The SMILES string of the molecule is COc1ccccc1CNc1ccc(C(=O)Nc2cc(Cl)ccc2C)nn1. The van der Waals surface area contributed by atoms with Crippen molar-refractivity contribution < 1.29 is 9.53 Å². The number of nitrogens with zero attached hydrogens (tertiary/aromatic N) is 2. The van der Waals surface area contributed by atoms with Crippen molar-refractivity contribution in [3.05, 3.63) is 76.4 Å². The van der Waals surface area contributed by atoms with E-state index >= 15 is 0 Å². The summed E-state index contributed by atoms with van der Waals surface area (Å²) in [5, 5.41) is 14.6. The van der Waals surface area contributed by atoms with E-state index in [4.69, 9.17) is 16.3 Å². The molecule has 0 saturated carbocycles. The number of hydrogen-bond donors (Lipinski definition) is 2. The molecule has 0 saturated heterocycles. The number of carbonyl (C=O) groups is 1. The summed E-state index contributed by atoms with van der Waals surface area (Å²) in [6, 6.07) is 16.4. The number of carbonyl (C=O) groups excluding carboxylic acids is 1. The summed E-state index contributed by atoms with van der Waals surface area (Å²) in [5.41, 5.74) is 2.78. The lowest BCUT2D eigenvalue weighted by molar-refractivity contribution is 0.102. The number of benzene rings is 2. The van der Waals surface area contributed by atoms with Crippen molar-refractivity contribution in [1.82, 2.24) is 10.2 Å². The van der Waals surface area contributed by atoms with Crippen LogP contribution >= 0.6 is 11.6 Å². The monoisotopic (exact) mass is 382 g/mol. The largest absolute Gasteiger partial charge is 0.496 e. The van der Waals surface area contributed by atoms with Gasteiger partial charge in [0.05, 0.1) is 7.11 Å². The van der Waals surface area contributed by atoms with Gasteiger partial charge in [-0.2, -0.15) is 0 Å². The molecule has 3 rings (SSSR count). The zero-order chi connectivity index (χ0) is 19.2. The number of methoxy groups -OCH3 is 1. The molecule has 1 heterocycles. The number of rotatable bonds is 6. The molecule has 0 fully saturated rings. The number of halogens is 1. The molecule has 0 spiro atoms. The highest BCUT2D eigenvalue weighted by Gasteiger charge is 2.11. The fraction of sp³-hybridized carbons (Fsp3) is 0.150. The van der Waals surface area contributed by atoms with Crippen LogP contribution in [-0.2, 0) is 6.54 Å². The molecule has 1 amide bonds. The third-order valence-corrected chi connectivity index (χ3v) is 4.23. The number of nitrogens with one attached hydrogen (secondary N) is 2. The van der Waals surface area contributed by atoms with E-state index in [2.05, 4.69) is 20.8 Å². The van der Waals surface area contributed by atoms with Crippen LogP contribution in [0.25, 0.3) is 0 Å². The molecule has 0 aliphatic heterocycles. The number of aromatic nitrogens is 2. The molecule has 6 nitrogen and oxygen atoms in total. The third-order valence-electron chi connectivity index (χ3n) is 4.00. The van der Waals surface area contributed by atoms with Gasteiger partial charge in [-0.25, -0.2) is 0 Å². The van der Waals surface area contributed by atoms with Crippen LogP contribution in [0, 0.1) is 6.92 Å². The minimum absolute atomic E-state index is 0.220. The Bertz CT molecular complexity index is 945. The molecule has 27 heavy (non-hydrogen) atoms. The fourth-order valence-corrected chi connectivity index (χ4v) is 2.67. The summed E-state index contributed by atoms with van der Waals surface area (Å²) in [5.74, 6) is 1.02. The maximum absolute atomic E-state index is 12.4. The minimum Gasteiger partial charge on any atom is -0.496 e. The first-order chi connectivity index (χ1) is 13.1. The predicted octanol–water partition coefficient (Wildman–Crippen LogP) is 4.31. The Labute approximate surface area is 162 Å². The van der Waals surface area contributed by atoms with Crippen LogP contribution in [0.15, 0.2) is 54.6 Å². The normalized spacial score (nSPS) is 10.3. The summed E-state index contributed by atoms with van der Waals surface area (Å²) in [7, 11) is 1.63. The van der Waals surface area contributed by atoms with Crippen LogP contribution in [-0.4, -0.2) is 23.2 Å². The fourth-order valence-electron chi connectivity index (χ4n) is 2.50. The predicted molar refractivity (Wildman–Crippen MR) is 106 cm³/mol.